The Labute approximate surface area is 170 Å². The molecule has 1 atom stereocenters. The molecule has 144 valence electrons. The number of aliphatic hydroxyl groups excluding tert-OH is 1. The maximum Gasteiger partial charge on any atom is 0.411 e. The lowest BCUT2D eigenvalue weighted by molar-refractivity contribution is -0.155. The molecular formula is C18H16Cl3NO5. The molecule has 2 rings (SSSR count). The normalized spacial score (nSPS) is 12.1. The predicted molar refractivity (Wildman–Crippen MR) is 103 cm³/mol. The van der Waals surface area contributed by atoms with Gasteiger partial charge in [-0.2, -0.15) is 0 Å². The van der Waals surface area contributed by atoms with Gasteiger partial charge >= 0.3 is 12.1 Å². The number of amides is 1. The monoisotopic (exact) mass is 431 g/mol. The third-order valence-corrected chi connectivity index (χ3v) is 3.61. The van der Waals surface area contributed by atoms with E-state index >= 15 is 0 Å². The van der Waals surface area contributed by atoms with Crippen molar-refractivity contribution in [1.29, 1.82) is 0 Å². The van der Waals surface area contributed by atoms with Crippen LogP contribution in [0.4, 0.5) is 10.5 Å². The Bertz CT molecular complexity index is 763. The van der Waals surface area contributed by atoms with Crippen LogP contribution in [0.2, 0.25) is 0 Å². The van der Waals surface area contributed by atoms with E-state index in [0.717, 1.165) is 5.56 Å². The minimum absolute atomic E-state index is 0.0609. The molecule has 0 heterocycles. The number of aliphatic hydroxyl groups is 1. The van der Waals surface area contributed by atoms with E-state index in [9.17, 15) is 14.7 Å². The summed E-state index contributed by atoms with van der Waals surface area (Å²) < 4.78 is 8.11. The molecule has 1 amide bonds. The van der Waals surface area contributed by atoms with Crippen molar-refractivity contribution >= 4 is 52.6 Å². The number of anilines is 1. The zero-order valence-electron chi connectivity index (χ0n) is 13.9. The highest BCUT2D eigenvalue weighted by Crippen LogP contribution is 2.26. The summed E-state index contributed by atoms with van der Waals surface area (Å²) >= 11 is 16.5. The molecule has 9 heteroatoms. The van der Waals surface area contributed by atoms with Crippen LogP contribution >= 0.6 is 34.8 Å². The van der Waals surface area contributed by atoms with Crippen molar-refractivity contribution in [2.75, 3.05) is 11.9 Å². The lowest BCUT2D eigenvalue weighted by atomic mass is 10.1. The number of halogens is 3. The molecular weight excluding hydrogens is 417 g/mol. The minimum Gasteiger partial charge on any atom is -0.459 e. The zero-order chi connectivity index (χ0) is 19.9. The maximum absolute atomic E-state index is 12.0. The molecule has 0 radical (unpaired) electrons. The Morgan fingerprint density at radius 3 is 2.22 bits per heavy atom. The van der Waals surface area contributed by atoms with Crippen LogP contribution in [-0.4, -0.2) is 27.6 Å². The van der Waals surface area contributed by atoms with Gasteiger partial charge in [-0.3, -0.25) is 5.32 Å². The van der Waals surface area contributed by atoms with Gasteiger partial charge in [-0.25, -0.2) is 9.59 Å². The summed E-state index contributed by atoms with van der Waals surface area (Å²) in [7, 11) is 0. The van der Waals surface area contributed by atoms with Crippen LogP contribution in [0.1, 0.15) is 17.2 Å². The second kappa shape index (κ2) is 9.80. The zero-order valence-corrected chi connectivity index (χ0v) is 16.2. The maximum atomic E-state index is 12.0. The van der Waals surface area contributed by atoms with Crippen molar-refractivity contribution < 1.29 is 24.2 Å². The molecule has 2 aromatic rings. The fourth-order valence-electron chi connectivity index (χ4n) is 1.99. The Kier molecular flexibility index (Phi) is 7.74. The van der Waals surface area contributed by atoms with Crippen molar-refractivity contribution in [3.63, 3.8) is 0 Å². The lowest BCUT2D eigenvalue weighted by Crippen LogP contribution is -2.21. The standard InChI is InChI=1S/C18H16Cl3NO5/c19-18(20,21)11-27-17(25)22-14-8-6-13(7-9-14)15(23)16(24)26-10-12-4-2-1-3-5-12/h1-9,15,23H,10-11H2,(H,22,25)/t15-/m0/s1. The van der Waals surface area contributed by atoms with E-state index in [1.54, 1.807) is 0 Å². The average Bonchev–Trinajstić information content (AvgIpc) is 2.65. The van der Waals surface area contributed by atoms with Gasteiger partial charge in [-0.1, -0.05) is 77.3 Å². The average molecular weight is 433 g/mol. The summed E-state index contributed by atoms with van der Waals surface area (Å²) in [6, 6.07) is 15.0. The Hall–Kier alpha value is -1.99. The number of alkyl halides is 3. The number of benzene rings is 2. The van der Waals surface area contributed by atoms with Gasteiger partial charge in [0, 0.05) is 5.69 Å². The van der Waals surface area contributed by atoms with Crippen LogP contribution in [-0.2, 0) is 20.9 Å². The molecule has 0 bridgehead atoms. The summed E-state index contributed by atoms with van der Waals surface area (Å²) in [5.74, 6) is -0.776. The van der Waals surface area contributed by atoms with Gasteiger partial charge in [0.1, 0.15) is 13.2 Å². The smallest absolute Gasteiger partial charge is 0.411 e. The summed E-state index contributed by atoms with van der Waals surface area (Å²) in [6.07, 6.45) is -2.25. The van der Waals surface area contributed by atoms with E-state index in [1.165, 1.54) is 24.3 Å². The summed E-state index contributed by atoms with van der Waals surface area (Å²) in [5, 5.41) is 12.5. The first kappa shape index (κ1) is 21.3. The van der Waals surface area contributed by atoms with E-state index < -0.39 is 28.6 Å². The quantitative estimate of drug-likeness (QED) is 0.522. The minimum atomic E-state index is -1.70. The van der Waals surface area contributed by atoms with Gasteiger partial charge in [-0.15, -0.1) is 0 Å². The number of esters is 1. The molecule has 0 aliphatic heterocycles. The lowest BCUT2D eigenvalue weighted by Gasteiger charge is -2.13. The highest BCUT2D eigenvalue weighted by atomic mass is 35.6. The molecule has 0 aliphatic rings. The first-order valence-electron chi connectivity index (χ1n) is 7.74. The van der Waals surface area contributed by atoms with E-state index in [0.29, 0.717) is 11.3 Å². The number of ether oxygens (including phenoxy) is 2. The third kappa shape index (κ3) is 7.64. The second-order valence-corrected chi connectivity index (χ2v) is 7.95. The van der Waals surface area contributed by atoms with E-state index in [-0.39, 0.29) is 6.61 Å². The van der Waals surface area contributed by atoms with E-state index in [2.05, 4.69) is 5.32 Å². The van der Waals surface area contributed by atoms with Crippen molar-refractivity contribution in [1.82, 2.24) is 0 Å². The van der Waals surface area contributed by atoms with Crippen molar-refractivity contribution in [3.8, 4) is 0 Å². The fourth-order valence-corrected chi connectivity index (χ4v) is 2.16. The van der Waals surface area contributed by atoms with E-state index in [1.807, 2.05) is 30.3 Å². The summed E-state index contributed by atoms with van der Waals surface area (Å²) in [5.41, 5.74) is 1.50. The van der Waals surface area contributed by atoms with Gasteiger partial charge in [0.2, 0.25) is 3.79 Å². The number of hydrogen-bond acceptors (Lipinski definition) is 5. The highest BCUT2D eigenvalue weighted by molar-refractivity contribution is 6.67. The molecule has 0 aromatic heterocycles. The number of hydrogen-bond donors (Lipinski definition) is 2. The van der Waals surface area contributed by atoms with Gasteiger partial charge in [0.05, 0.1) is 0 Å². The van der Waals surface area contributed by atoms with Crippen molar-refractivity contribution in [2.45, 2.75) is 16.5 Å². The van der Waals surface area contributed by atoms with E-state index in [4.69, 9.17) is 44.3 Å². The molecule has 6 nitrogen and oxygen atoms in total. The molecule has 0 saturated carbocycles. The largest absolute Gasteiger partial charge is 0.459 e. The summed E-state index contributed by atoms with van der Waals surface area (Å²) in [6.45, 7) is -0.348. The van der Waals surface area contributed by atoms with Crippen LogP contribution in [0.3, 0.4) is 0 Å². The first-order valence-corrected chi connectivity index (χ1v) is 8.87. The van der Waals surface area contributed by atoms with Crippen LogP contribution in [0, 0.1) is 0 Å². The van der Waals surface area contributed by atoms with Gasteiger partial charge < -0.3 is 14.6 Å². The van der Waals surface area contributed by atoms with Gasteiger partial charge in [0.25, 0.3) is 0 Å². The molecule has 0 unspecified atom stereocenters. The predicted octanol–water partition coefficient (Wildman–Crippen LogP) is 4.38. The third-order valence-electron chi connectivity index (χ3n) is 3.29. The number of carbonyl (C=O) groups is 2. The molecule has 2 N–H and O–H groups in total. The topological polar surface area (TPSA) is 84.9 Å². The van der Waals surface area contributed by atoms with Crippen LogP contribution in [0.5, 0.6) is 0 Å². The van der Waals surface area contributed by atoms with Gasteiger partial charge in [-0.05, 0) is 23.3 Å². The van der Waals surface area contributed by atoms with Crippen LogP contribution in [0.25, 0.3) is 0 Å². The molecule has 0 saturated heterocycles. The summed E-state index contributed by atoms with van der Waals surface area (Å²) in [4.78, 5) is 23.5. The van der Waals surface area contributed by atoms with Crippen molar-refractivity contribution in [2.24, 2.45) is 0 Å². The fraction of sp³-hybridized carbons (Fsp3) is 0.222. The number of carbonyl (C=O) groups excluding carboxylic acids is 2. The number of rotatable bonds is 6. The molecule has 2 aromatic carbocycles. The van der Waals surface area contributed by atoms with Crippen LogP contribution in [0.15, 0.2) is 54.6 Å². The van der Waals surface area contributed by atoms with Crippen LogP contribution < -0.4 is 5.32 Å². The Morgan fingerprint density at radius 2 is 1.63 bits per heavy atom. The molecule has 0 spiro atoms. The molecule has 0 fully saturated rings. The molecule has 27 heavy (non-hydrogen) atoms. The first-order chi connectivity index (χ1) is 12.7. The SMILES string of the molecule is O=C(Nc1ccc([C@H](O)C(=O)OCc2ccccc2)cc1)OCC(Cl)(Cl)Cl. The van der Waals surface area contributed by atoms with Crippen molar-refractivity contribution in [3.05, 3.63) is 65.7 Å². The Balaban J connectivity index is 1.86. The Morgan fingerprint density at radius 1 is 1.00 bits per heavy atom. The van der Waals surface area contributed by atoms with Gasteiger partial charge in [0.15, 0.2) is 6.10 Å². The second-order valence-electron chi connectivity index (χ2n) is 5.43. The highest BCUT2D eigenvalue weighted by Gasteiger charge is 2.22. The number of nitrogens with one attached hydrogen (secondary N) is 1. The molecule has 0 aliphatic carbocycles.